The third kappa shape index (κ3) is 4.04. The third-order valence-electron chi connectivity index (χ3n) is 4.61. The predicted octanol–water partition coefficient (Wildman–Crippen LogP) is 2.95. The van der Waals surface area contributed by atoms with Crippen molar-refractivity contribution in [1.82, 2.24) is 19.7 Å². The van der Waals surface area contributed by atoms with Crippen LogP contribution in [0.5, 0.6) is 0 Å². The van der Waals surface area contributed by atoms with E-state index < -0.39 is 5.97 Å². The van der Waals surface area contributed by atoms with Gasteiger partial charge in [0, 0.05) is 19.5 Å². The lowest BCUT2D eigenvalue weighted by Gasteiger charge is -2.31. The Kier molecular flexibility index (Phi) is 5.56. The zero-order valence-electron chi connectivity index (χ0n) is 14.6. The summed E-state index contributed by atoms with van der Waals surface area (Å²) in [5.41, 5.74) is 0.677. The molecular formula is C18H21ClN4O3. The number of halogens is 1. The number of piperidine rings is 1. The summed E-state index contributed by atoms with van der Waals surface area (Å²) in [4.78, 5) is 29.6. The number of rotatable bonds is 5. The summed E-state index contributed by atoms with van der Waals surface area (Å²) < 4.78 is 1.57. The van der Waals surface area contributed by atoms with Gasteiger partial charge in [-0.1, -0.05) is 23.7 Å². The van der Waals surface area contributed by atoms with Crippen LogP contribution in [0.15, 0.2) is 24.3 Å². The van der Waals surface area contributed by atoms with Crippen molar-refractivity contribution in [3.05, 3.63) is 40.9 Å². The number of carbonyl (C=O) groups is 2. The van der Waals surface area contributed by atoms with Gasteiger partial charge in [-0.2, -0.15) is 0 Å². The van der Waals surface area contributed by atoms with E-state index >= 15 is 0 Å². The SMILES string of the molecule is Cc1nc(C(=O)N2CCCC(CCC(=O)O)C2)nn1-c1ccccc1Cl. The van der Waals surface area contributed by atoms with Crippen molar-refractivity contribution in [1.29, 1.82) is 0 Å². The van der Waals surface area contributed by atoms with Crippen LogP contribution in [-0.2, 0) is 4.79 Å². The van der Waals surface area contributed by atoms with Crippen LogP contribution in [0.4, 0.5) is 0 Å². The van der Waals surface area contributed by atoms with Gasteiger partial charge in [0.25, 0.3) is 5.91 Å². The molecule has 1 aliphatic rings. The molecule has 3 rings (SSSR count). The van der Waals surface area contributed by atoms with Crippen LogP contribution in [0.3, 0.4) is 0 Å². The van der Waals surface area contributed by atoms with Gasteiger partial charge < -0.3 is 10.0 Å². The van der Waals surface area contributed by atoms with E-state index in [1.54, 1.807) is 22.6 Å². The highest BCUT2D eigenvalue weighted by Gasteiger charge is 2.27. The number of aryl methyl sites for hydroxylation is 1. The molecule has 0 radical (unpaired) electrons. The summed E-state index contributed by atoms with van der Waals surface area (Å²) in [5.74, 6) is -0.0964. The summed E-state index contributed by atoms with van der Waals surface area (Å²) >= 11 is 6.22. The molecule has 1 saturated heterocycles. The number of amides is 1. The minimum Gasteiger partial charge on any atom is -0.481 e. The lowest BCUT2D eigenvalue weighted by molar-refractivity contribution is -0.137. The van der Waals surface area contributed by atoms with Gasteiger partial charge in [-0.3, -0.25) is 9.59 Å². The van der Waals surface area contributed by atoms with Gasteiger partial charge >= 0.3 is 5.97 Å². The third-order valence-corrected chi connectivity index (χ3v) is 4.93. The molecule has 2 heterocycles. The number of carboxylic acid groups (broad SMARTS) is 1. The minimum absolute atomic E-state index is 0.130. The summed E-state index contributed by atoms with van der Waals surface area (Å²) in [5, 5.41) is 13.7. The Balaban J connectivity index is 1.75. The summed E-state index contributed by atoms with van der Waals surface area (Å²) in [6.07, 6.45) is 2.52. The number of nitrogens with zero attached hydrogens (tertiary/aromatic N) is 4. The van der Waals surface area contributed by atoms with Gasteiger partial charge in [0.2, 0.25) is 5.82 Å². The van der Waals surface area contributed by atoms with E-state index in [-0.39, 0.29) is 24.1 Å². The maximum Gasteiger partial charge on any atom is 0.303 e. The van der Waals surface area contributed by atoms with Crippen LogP contribution in [0.2, 0.25) is 5.02 Å². The molecule has 1 fully saturated rings. The molecular weight excluding hydrogens is 356 g/mol. The molecule has 1 aromatic heterocycles. The number of hydrogen-bond donors (Lipinski definition) is 1. The second kappa shape index (κ2) is 7.86. The lowest BCUT2D eigenvalue weighted by Crippen LogP contribution is -2.40. The smallest absolute Gasteiger partial charge is 0.303 e. The average Bonchev–Trinajstić information content (AvgIpc) is 3.01. The van der Waals surface area contributed by atoms with Crippen LogP contribution in [0.1, 0.15) is 42.1 Å². The molecule has 1 aromatic carbocycles. The van der Waals surface area contributed by atoms with Crippen molar-refractivity contribution in [2.24, 2.45) is 5.92 Å². The molecule has 0 bridgehead atoms. The number of likely N-dealkylation sites (tertiary alicyclic amines) is 1. The van der Waals surface area contributed by atoms with Gasteiger partial charge in [0.15, 0.2) is 0 Å². The van der Waals surface area contributed by atoms with Crippen molar-refractivity contribution in [3.8, 4) is 5.69 Å². The fraction of sp³-hybridized carbons (Fsp3) is 0.444. The first-order valence-corrected chi connectivity index (χ1v) is 9.03. The van der Waals surface area contributed by atoms with Crippen molar-refractivity contribution in [3.63, 3.8) is 0 Å². The maximum atomic E-state index is 12.8. The molecule has 0 spiro atoms. The largest absolute Gasteiger partial charge is 0.481 e. The van der Waals surface area contributed by atoms with Gasteiger partial charge in [0.05, 0.1) is 10.7 Å². The van der Waals surface area contributed by atoms with E-state index in [9.17, 15) is 9.59 Å². The molecule has 8 heteroatoms. The topological polar surface area (TPSA) is 88.3 Å². The lowest BCUT2D eigenvalue weighted by atomic mass is 9.93. The number of benzene rings is 1. The van der Waals surface area contributed by atoms with E-state index in [1.165, 1.54) is 0 Å². The minimum atomic E-state index is -0.802. The summed E-state index contributed by atoms with van der Waals surface area (Å²) in [6, 6.07) is 7.26. The fourth-order valence-corrected chi connectivity index (χ4v) is 3.50. The summed E-state index contributed by atoms with van der Waals surface area (Å²) in [6.45, 7) is 2.97. The number of aromatic nitrogens is 3. The van der Waals surface area contributed by atoms with Crippen LogP contribution < -0.4 is 0 Å². The van der Waals surface area contributed by atoms with Crippen molar-refractivity contribution in [2.45, 2.75) is 32.6 Å². The molecule has 0 saturated carbocycles. The zero-order chi connectivity index (χ0) is 18.7. The van der Waals surface area contributed by atoms with Crippen LogP contribution in [0.25, 0.3) is 5.69 Å². The molecule has 7 nitrogen and oxygen atoms in total. The Labute approximate surface area is 156 Å². The maximum absolute atomic E-state index is 12.8. The van der Waals surface area contributed by atoms with Gasteiger partial charge in [-0.15, -0.1) is 5.10 Å². The molecule has 0 aliphatic carbocycles. The van der Waals surface area contributed by atoms with Gasteiger partial charge in [-0.05, 0) is 44.2 Å². The Morgan fingerprint density at radius 3 is 2.85 bits per heavy atom. The second-order valence-electron chi connectivity index (χ2n) is 6.54. The Hall–Kier alpha value is -2.41. The number of carboxylic acids is 1. The monoisotopic (exact) mass is 376 g/mol. The number of carbonyl (C=O) groups excluding carboxylic acids is 1. The van der Waals surface area contributed by atoms with Gasteiger partial charge in [-0.25, -0.2) is 9.67 Å². The van der Waals surface area contributed by atoms with Crippen molar-refractivity contribution in [2.75, 3.05) is 13.1 Å². The highest BCUT2D eigenvalue weighted by Crippen LogP contribution is 2.23. The first kappa shape index (κ1) is 18.4. The van der Waals surface area contributed by atoms with Crippen molar-refractivity contribution < 1.29 is 14.7 Å². The van der Waals surface area contributed by atoms with Crippen LogP contribution in [-0.4, -0.2) is 49.7 Å². The highest BCUT2D eigenvalue weighted by molar-refractivity contribution is 6.32. The van der Waals surface area contributed by atoms with E-state index in [0.717, 1.165) is 12.8 Å². The molecule has 2 aromatic rings. The zero-order valence-corrected chi connectivity index (χ0v) is 15.3. The Morgan fingerprint density at radius 2 is 2.12 bits per heavy atom. The molecule has 1 atom stereocenters. The molecule has 1 N–H and O–H groups in total. The molecule has 1 amide bonds. The highest BCUT2D eigenvalue weighted by atomic mass is 35.5. The Morgan fingerprint density at radius 1 is 1.35 bits per heavy atom. The van der Waals surface area contributed by atoms with Crippen molar-refractivity contribution >= 4 is 23.5 Å². The molecule has 1 aliphatic heterocycles. The first-order valence-electron chi connectivity index (χ1n) is 8.65. The van der Waals surface area contributed by atoms with Crippen LogP contribution >= 0.6 is 11.6 Å². The first-order chi connectivity index (χ1) is 12.5. The van der Waals surface area contributed by atoms with E-state index in [1.807, 2.05) is 18.2 Å². The van der Waals surface area contributed by atoms with E-state index in [4.69, 9.17) is 16.7 Å². The number of aliphatic carboxylic acids is 1. The molecule has 26 heavy (non-hydrogen) atoms. The van der Waals surface area contributed by atoms with E-state index in [2.05, 4.69) is 10.1 Å². The van der Waals surface area contributed by atoms with E-state index in [0.29, 0.717) is 36.0 Å². The quantitative estimate of drug-likeness (QED) is 0.866. The predicted molar refractivity (Wildman–Crippen MR) is 96.6 cm³/mol. The summed E-state index contributed by atoms with van der Waals surface area (Å²) in [7, 11) is 0. The molecule has 138 valence electrons. The van der Waals surface area contributed by atoms with Gasteiger partial charge in [0.1, 0.15) is 5.82 Å². The Bertz CT molecular complexity index is 821. The number of para-hydroxylation sites is 1. The average molecular weight is 377 g/mol. The van der Waals surface area contributed by atoms with Crippen LogP contribution in [0, 0.1) is 12.8 Å². The fourth-order valence-electron chi connectivity index (χ4n) is 3.29. The molecule has 1 unspecified atom stereocenters. The second-order valence-corrected chi connectivity index (χ2v) is 6.94. The standard InChI is InChI=1S/C18H21ClN4O3/c1-12-20-17(21-23(12)15-7-3-2-6-14(15)19)18(26)22-10-4-5-13(11-22)8-9-16(24)25/h2-3,6-7,13H,4-5,8-11H2,1H3,(H,24,25). The normalized spacial score (nSPS) is 17.3. The number of hydrogen-bond acceptors (Lipinski definition) is 4.